The van der Waals surface area contributed by atoms with E-state index < -0.39 is 5.82 Å². The number of aromatic nitrogens is 3. The summed E-state index contributed by atoms with van der Waals surface area (Å²) in [7, 11) is 0. The second kappa shape index (κ2) is 10.5. The van der Waals surface area contributed by atoms with Gasteiger partial charge in [-0.3, -0.25) is 9.59 Å². The standard InChI is InChI=1S/C33H39FN6O2/c1-20-30(36-40-18-25(15-28(34)31(20)40)33(42)38-12-4-6-26(35)19-38)29-16-24-5-3-7-27(32(24)39(29)17-22-8-9-22)23-10-13-37(14-11-23)21(2)41/h3,5,7,15-16,18,22-23,26H,4,6,8-14,17,19,35H2,1-2H3/t26-/m1/s1. The van der Waals surface area contributed by atoms with Gasteiger partial charge in [-0.15, -0.1) is 0 Å². The lowest BCUT2D eigenvalue weighted by atomic mass is 9.88. The summed E-state index contributed by atoms with van der Waals surface area (Å²) in [6.07, 6.45) is 7.73. The van der Waals surface area contributed by atoms with E-state index in [1.807, 2.05) is 11.8 Å². The highest BCUT2D eigenvalue weighted by molar-refractivity contribution is 5.95. The van der Waals surface area contributed by atoms with Crippen LogP contribution in [-0.4, -0.2) is 68.0 Å². The first kappa shape index (κ1) is 27.1. The van der Waals surface area contributed by atoms with Crippen molar-refractivity contribution in [1.82, 2.24) is 24.0 Å². The third-order valence-corrected chi connectivity index (χ3v) is 9.62. The van der Waals surface area contributed by atoms with Gasteiger partial charge < -0.3 is 20.1 Å². The van der Waals surface area contributed by atoms with Crippen LogP contribution in [0.1, 0.15) is 72.9 Å². The summed E-state index contributed by atoms with van der Waals surface area (Å²) in [6, 6.07) is 10.0. The average molecular weight is 571 g/mol. The Balaban J connectivity index is 1.31. The maximum absolute atomic E-state index is 15.7. The largest absolute Gasteiger partial charge is 0.343 e. The van der Waals surface area contributed by atoms with Crippen molar-refractivity contribution in [3.05, 3.63) is 59.0 Å². The lowest BCUT2D eigenvalue weighted by molar-refractivity contribution is -0.129. The molecule has 0 bridgehead atoms. The van der Waals surface area contributed by atoms with Gasteiger partial charge in [-0.1, -0.05) is 18.2 Å². The van der Waals surface area contributed by atoms with Crippen LogP contribution in [-0.2, 0) is 11.3 Å². The molecule has 2 saturated heterocycles. The molecular formula is C33H39FN6O2. The Labute approximate surface area is 245 Å². The van der Waals surface area contributed by atoms with Crippen molar-refractivity contribution in [1.29, 1.82) is 0 Å². The fraction of sp³-hybridized carbons (Fsp3) is 0.485. The number of fused-ring (bicyclic) bond motifs is 2. The van der Waals surface area contributed by atoms with Gasteiger partial charge >= 0.3 is 0 Å². The normalized spacial score (nSPS) is 20.1. The molecule has 220 valence electrons. The van der Waals surface area contributed by atoms with Gasteiger partial charge in [0.2, 0.25) is 5.91 Å². The van der Waals surface area contributed by atoms with E-state index in [-0.39, 0.29) is 17.9 Å². The van der Waals surface area contributed by atoms with Crippen molar-refractivity contribution in [2.75, 3.05) is 26.2 Å². The third-order valence-electron chi connectivity index (χ3n) is 9.62. The van der Waals surface area contributed by atoms with Crippen molar-refractivity contribution in [2.24, 2.45) is 11.7 Å². The van der Waals surface area contributed by atoms with Gasteiger partial charge in [0.1, 0.15) is 17.0 Å². The number of likely N-dealkylation sites (tertiary alicyclic amines) is 2. The van der Waals surface area contributed by atoms with Gasteiger partial charge in [0.05, 0.1) is 16.8 Å². The number of halogens is 1. The number of amides is 2. The first-order chi connectivity index (χ1) is 20.3. The molecule has 0 radical (unpaired) electrons. The second-order valence-corrected chi connectivity index (χ2v) is 12.6. The zero-order valence-corrected chi connectivity index (χ0v) is 24.5. The number of hydrogen-bond acceptors (Lipinski definition) is 4. The maximum atomic E-state index is 15.7. The number of nitrogens with two attached hydrogens (primary N) is 1. The van der Waals surface area contributed by atoms with Gasteiger partial charge in [-0.25, -0.2) is 8.91 Å². The van der Waals surface area contributed by atoms with Crippen LogP contribution in [0.25, 0.3) is 27.8 Å². The lowest BCUT2D eigenvalue weighted by Crippen LogP contribution is -2.45. The minimum atomic E-state index is -0.443. The van der Waals surface area contributed by atoms with E-state index in [9.17, 15) is 9.59 Å². The van der Waals surface area contributed by atoms with E-state index >= 15 is 4.39 Å². The molecule has 1 aromatic carbocycles. The number of benzene rings is 1. The van der Waals surface area contributed by atoms with E-state index in [0.717, 1.165) is 67.7 Å². The highest BCUT2D eigenvalue weighted by Crippen LogP contribution is 2.41. The Bertz CT molecular complexity index is 1690. The number of aryl methyl sites for hydroxylation is 1. The molecule has 3 fully saturated rings. The zero-order chi connectivity index (χ0) is 29.1. The van der Waals surface area contributed by atoms with Crippen LogP contribution < -0.4 is 5.73 Å². The van der Waals surface area contributed by atoms with Gasteiger partial charge in [0, 0.05) is 62.8 Å². The molecule has 2 aliphatic heterocycles. The molecule has 5 heterocycles. The van der Waals surface area contributed by atoms with Crippen molar-refractivity contribution in [3.63, 3.8) is 0 Å². The average Bonchev–Trinajstić information content (AvgIpc) is 3.64. The van der Waals surface area contributed by atoms with Crippen molar-refractivity contribution in [3.8, 4) is 11.4 Å². The molecular weight excluding hydrogens is 531 g/mol. The molecule has 0 unspecified atom stereocenters. The molecule has 9 heteroatoms. The van der Waals surface area contributed by atoms with Crippen LogP contribution >= 0.6 is 0 Å². The van der Waals surface area contributed by atoms with Crippen molar-refractivity contribution >= 4 is 28.2 Å². The first-order valence-electron chi connectivity index (χ1n) is 15.4. The summed E-state index contributed by atoms with van der Waals surface area (Å²) in [4.78, 5) is 28.9. The summed E-state index contributed by atoms with van der Waals surface area (Å²) >= 11 is 0. The third kappa shape index (κ3) is 4.77. The van der Waals surface area contributed by atoms with Crippen molar-refractivity contribution in [2.45, 2.75) is 70.9 Å². The number of rotatable bonds is 5. The number of carbonyl (C=O) groups is 2. The smallest absolute Gasteiger partial charge is 0.255 e. The quantitative estimate of drug-likeness (QED) is 0.362. The summed E-state index contributed by atoms with van der Waals surface area (Å²) in [5, 5.41) is 6.08. The number of nitrogens with zero attached hydrogens (tertiary/aromatic N) is 5. The second-order valence-electron chi connectivity index (χ2n) is 12.6. The Kier molecular flexibility index (Phi) is 6.80. The Morgan fingerprint density at radius 1 is 1.02 bits per heavy atom. The summed E-state index contributed by atoms with van der Waals surface area (Å²) in [5.41, 5.74) is 11.8. The topological polar surface area (TPSA) is 88.9 Å². The van der Waals surface area contributed by atoms with Gasteiger partial charge in [-0.05, 0) is 75.0 Å². The minimum Gasteiger partial charge on any atom is -0.343 e. The van der Waals surface area contributed by atoms with Crippen LogP contribution in [0.4, 0.5) is 4.39 Å². The first-order valence-corrected chi connectivity index (χ1v) is 15.4. The van der Waals surface area contributed by atoms with Gasteiger partial charge in [-0.2, -0.15) is 5.10 Å². The number of para-hydroxylation sites is 1. The van der Waals surface area contributed by atoms with E-state index in [0.29, 0.717) is 36.0 Å². The number of piperidine rings is 2. The van der Waals surface area contributed by atoms with E-state index in [1.165, 1.54) is 30.0 Å². The lowest BCUT2D eigenvalue weighted by Gasteiger charge is -2.32. The molecule has 1 atom stereocenters. The van der Waals surface area contributed by atoms with Crippen LogP contribution in [0.15, 0.2) is 36.5 Å². The highest BCUT2D eigenvalue weighted by Gasteiger charge is 2.30. The summed E-state index contributed by atoms with van der Waals surface area (Å²) in [5.74, 6) is 0.498. The zero-order valence-electron chi connectivity index (χ0n) is 24.5. The highest BCUT2D eigenvalue weighted by atomic mass is 19.1. The molecule has 42 heavy (non-hydrogen) atoms. The number of pyridine rings is 1. The molecule has 1 aliphatic carbocycles. The predicted molar refractivity (Wildman–Crippen MR) is 161 cm³/mol. The molecule has 3 aliphatic rings. The van der Waals surface area contributed by atoms with E-state index in [1.54, 1.807) is 22.5 Å². The van der Waals surface area contributed by atoms with Crippen LogP contribution in [0, 0.1) is 18.7 Å². The molecule has 7 rings (SSSR count). The van der Waals surface area contributed by atoms with Crippen LogP contribution in [0.2, 0.25) is 0 Å². The fourth-order valence-electron chi connectivity index (χ4n) is 7.14. The van der Waals surface area contributed by atoms with Crippen LogP contribution in [0.3, 0.4) is 0 Å². The van der Waals surface area contributed by atoms with Crippen LogP contribution in [0.5, 0.6) is 0 Å². The predicted octanol–water partition coefficient (Wildman–Crippen LogP) is 5.10. The summed E-state index contributed by atoms with van der Waals surface area (Å²) in [6.45, 7) is 7.15. The van der Waals surface area contributed by atoms with E-state index in [2.05, 4.69) is 28.8 Å². The molecule has 0 spiro atoms. The molecule has 1 saturated carbocycles. The molecule has 2 N–H and O–H groups in total. The molecule has 3 aromatic heterocycles. The Morgan fingerprint density at radius 3 is 2.52 bits per heavy atom. The molecule has 8 nitrogen and oxygen atoms in total. The number of carbonyl (C=O) groups excluding carboxylic acids is 2. The fourth-order valence-corrected chi connectivity index (χ4v) is 7.14. The molecule has 4 aromatic rings. The molecule has 2 amide bonds. The van der Waals surface area contributed by atoms with Gasteiger partial charge in [0.15, 0.2) is 0 Å². The monoisotopic (exact) mass is 570 g/mol. The maximum Gasteiger partial charge on any atom is 0.255 e. The minimum absolute atomic E-state index is 0.0465. The van der Waals surface area contributed by atoms with Crippen molar-refractivity contribution < 1.29 is 14.0 Å². The Hall–Kier alpha value is -3.72. The SMILES string of the molecule is CC(=O)N1CCC(c2cccc3cc(-c4nn5cc(C(=O)N6CCC[C@@H](N)C6)cc(F)c5c4C)n(CC4CC4)c23)CC1. The van der Waals surface area contributed by atoms with E-state index in [4.69, 9.17) is 10.8 Å². The number of hydrogen-bond donors (Lipinski definition) is 1. The van der Waals surface area contributed by atoms with Gasteiger partial charge in [0.25, 0.3) is 5.91 Å². The Morgan fingerprint density at radius 2 is 1.81 bits per heavy atom. The summed E-state index contributed by atoms with van der Waals surface area (Å²) < 4.78 is 19.6.